The molecular formula is C25H24F6N2O4S2. The Balaban J connectivity index is 1.69. The van der Waals surface area contributed by atoms with Crippen molar-refractivity contribution in [2.75, 3.05) is 31.6 Å². The number of piperazine rings is 1. The van der Waals surface area contributed by atoms with E-state index in [0.717, 1.165) is 29.0 Å². The molecule has 14 heteroatoms. The first-order valence-corrected chi connectivity index (χ1v) is 13.9. The van der Waals surface area contributed by atoms with E-state index in [1.54, 1.807) is 40.6 Å². The molecule has 1 unspecified atom stereocenters. The van der Waals surface area contributed by atoms with E-state index in [4.69, 9.17) is 4.74 Å². The summed E-state index contributed by atoms with van der Waals surface area (Å²) in [5, 5.41) is 11.4. The highest BCUT2D eigenvalue weighted by molar-refractivity contribution is 7.91. The zero-order valence-electron chi connectivity index (χ0n) is 20.4. The molecule has 0 spiro atoms. The van der Waals surface area contributed by atoms with Gasteiger partial charge in [0, 0.05) is 36.9 Å². The second-order valence-corrected chi connectivity index (χ2v) is 12.0. The number of benzene rings is 2. The van der Waals surface area contributed by atoms with Gasteiger partial charge in [-0.1, -0.05) is 36.4 Å². The highest BCUT2D eigenvalue weighted by Crippen LogP contribution is 2.50. The van der Waals surface area contributed by atoms with Crippen LogP contribution in [0.2, 0.25) is 0 Å². The van der Waals surface area contributed by atoms with E-state index in [1.165, 1.54) is 17.5 Å². The van der Waals surface area contributed by atoms with Gasteiger partial charge in [-0.3, -0.25) is 0 Å². The summed E-state index contributed by atoms with van der Waals surface area (Å²) < 4.78 is 113. The fourth-order valence-electron chi connectivity index (χ4n) is 4.60. The molecule has 1 atom stereocenters. The molecule has 4 rings (SSSR count). The Morgan fingerprint density at radius 3 is 2.15 bits per heavy atom. The molecule has 1 fully saturated rings. The normalized spacial score (nSPS) is 17.8. The largest absolute Gasteiger partial charge is 0.496 e. The van der Waals surface area contributed by atoms with E-state index in [9.17, 15) is 39.9 Å². The van der Waals surface area contributed by atoms with Crippen LogP contribution < -0.4 is 9.64 Å². The van der Waals surface area contributed by atoms with Crippen LogP contribution in [0.25, 0.3) is 0 Å². The van der Waals surface area contributed by atoms with Crippen LogP contribution in [0.5, 0.6) is 5.75 Å². The molecule has 1 aromatic heterocycles. The van der Waals surface area contributed by atoms with Gasteiger partial charge in [0.1, 0.15) is 9.96 Å². The Morgan fingerprint density at radius 2 is 1.59 bits per heavy atom. The first-order valence-electron chi connectivity index (χ1n) is 11.6. The monoisotopic (exact) mass is 594 g/mol. The quantitative estimate of drug-likeness (QED) is 0.382. The van der Waals surface area contributed by atoms with E-state index in [-0.39, 0.29) is 36.0 Å². The highest BCUT2D eigenvalue weighted by Gasteiger charge is 2.71. The van der Waals surface area contributed by atoms with Crippen molar-refractivity contribution in [1.82, 2.24) is 4.31 Å². The third-order valence-electron chi connectivity index (χ3n) is 6.62. The van der Waals surface area contributed by atoms with Gasteiger partial charge in [0.15, 0.2) is 0 Å². The van der Waals surface area contributed by atoms with Crippen LogP contribution in [0, 0.1) is 0 Å². The molecule has 0 bridgehead atoms. The Hall–Kier alpha value is -2.81. The van der Waals surface area contributed by atoms with Gasteiger partial charge in [0.05, 0.1) is 7.11 Å². The molecule has 1 saturated heterocycles. The van der Waals surface area contributed by atoms with Crippen LogP contribution in [0.3, 0.4) is 0 Å². The topological polar surface area (TPSA) is 70.1 Å². The summed E-state index contributed by atoms with van der Waals surface area (Å²) in [5.74, 6) is 0.548. The minimum Gasteiger partial charge on any atom is -0.496 e. The Labute approximate surface area is 225 Å². The van der Waals surface area contributed by atoms with Crippen molar-refractivity contribution in [1.29, 1.82) is 0 Å². The second kappa shape index (κ2) is 10.6. The number of para-hydroxylation sites is 1. The molecule has 0 saturated carbocycles. The standard InChI is InChI=1S/C25H24F6N2O4S2/c1-37-21-6-3-2-5-17(21)15-20-16-32(39(35,36)22-7-4-14-38-22)12-13-33(20)19-10-8-18(9-11-19)23(34,24(26,27)28)25(29,30)31/h2-11,14,20,34H,12-13,15-16H2,1H3. The van der Waals surface area contributed by atoms with Crippen molar-refractivity contribution in [2.24, 2.45) is 0 Å². The van der Waals surface area contributed by atoms with Gasteiger partial charge < -0.3 is 14.7 Å². The predicted molar refractivity (Wildman–Crippen MR) is 133 cm³/mol. The summed E-state index contributed by atoms with van der Waals surface area (Å²) in [6, 6.07) is 12.9. The van der Waals surface area contributed by atoms with Crippen LogP contribution in [0.4, 0.5) is 32.0 Å². The first kappa shape index (κ1) is 29.2. The minimum absolute atomic E-state index is 0.00900. The number of ether oxygens (including phenoxy) is 1. The maximum Gasteiger partial charge on any atom is 0.430 e. The van der Waals surface area contributed by atoms with Crippen molar-refractivity contribution in [2.45, 2.75) is 34.6 Å². The number of aliphatic hydroxyl groups is 1. The molecule has 1 aliphatic heterocycles. The average Bonchev–Trinajstić information content (AvgIpc) is 3.43. The summed E-state index contributed by atoms with van der Waals surface area (Å²) in [5.41, 5.74) is -5.39. The maximum absolute atomic E-state index is 13.3. The van der Waals surface area contributed by atoms with Gasteiger partial charge in [-0.15, -0.1) is 11.3 Å². The van der Waals surface area contributed by atoms with Gasteiger partial charge >= 0.3 is 12.4 Å². The molecule has 0 aliphatic carbocycles. The van der Waals surface area contributed by atoms with Crippen molar-refractivity contribution >= 4 is 27.0 Å². The second-order valence-electron chi connectivity index (χ2n) is 8.91. The zero-order valence-corrected chi connectivity index (χ0v) is 22.0. The number of sulfonamides is 1. The molecule has 3 aromatic rings. The molecule has 0 amide bonds. The lowest BCUT2D eigenvalue weighted by Gasteiger charge is -2.42. The summed E-state index contributed by atoms with van der Waals surface area (Å²) >= 11 is 1.07. The number of thiophene rings is 1. The number of nitrogens with zero attached hydrogens (tertiary/aromatic N) is 2. The third-order valence-corrected chi connectivity index (χ3v) is 9.86. The lowest BCUT2D eigenvalue weighted by Crippen LogP contribution is -2.55. The van der Waals surface area contributed by atoms with Crippen LogP contribution in [0.1, 0.15) is 11.1 Å². The van der Waals surface area contributed by atoms with E-state index in [1.807, 2.05) is 0 Å². The van der Waals surface area contributed by atoms with E-state index >= 15 is 0 Å². The minimum atomic E-state index is -6.00. The molecule has 0 radical (unpaired) electrons. The third kappa shape index (κ3) is 5.47. The van der Waals surface area contributed by atoms with E-state index in [0.29, 0.717) is 17.9 Å². The van der Waals surface area contributed by atoms with Crippen LogP contribution >= 0.6 is 11.3 Å². The lowest BCUT2D eigenvalue weighted by molar-refractivity contribution is -0.376. The Morgan fingerprint density at radius 1 is 0.949 bits per heavy atom. The molecule has 2 aromatic carbocycles. The fraction of sp³-hybridized carbons (Fsp3) is 0.360. The molecule has 1 aliphatic rings. The molecule has 1 N–H and O–H groups in total. The van der Waals surface area contributed by atoms with Crippen LogP contribution in [-0.2, 0) is 22.0 Å². The van der Waals surface area contributed by atoms with Crippen LogP contribution in [-0.4, -0.2) is 63.0 Å². The smallest absolute Gasteiger partial charge is 0.430 e. The number of alkyl halides is 6. The molecule has 2 heterocycles. The summed E-state index contributed by atoms with van der Waals surface area (Å²) in [6.07, 6.45) is -11.7. The number of halogens is 6. The van der Waals surface area contributed by atoms with E-state index < -0.39 is 39.6 Å². The van der Waals surface area contributed by atoms with Crippen molar-refractivity contribution in [3.05, 3.63) is 77.2 Å². The number of anilines is 1. The molecule has 212 valence electrons. The summed E-state index contributed by atoms with van der Waals surface area (Å²) in [7, 11) is -2.33. The molecular weight excluding hydrogens is 570 g/mol. The van der Waals surface area contributed by atoms with Gasteiger partial charge in [0.25, 0.3) is 15.6 Å². The van der Waals surface area contributed by atoms with Gasteiger partial charge in [0.2, 0.25) is 0 Å². The van der Waals surface area contributed by atoms with Gasteiger partial charge in [-0.25, -0.2) is 8.42 Å². The molecule has 39 heavy (non-hydrogen) atoms. The summed E-state index contributed by atoms with van der Waals surface area (Å²) in [4.78, 5) is 1.73. The Bertz CT molecular complexity index is 1360. The first-order chi connectivity index (χ1) is 18.2. The predicted octanol–water partition coefficient (Wildman–Crippen LogP) is 5.19. The van der Waals surface area contributed by atoms with Gasteiger partial charge in [-0.2, -0.15) is 30.6 Å². The van der Waals surface area contributed by atoms with Crippen molar-refractivity contribution in [3.8, 4) is 5.75 Å². The summed E-state index contributed by atoms with van der Waals surface area (Å²) in [6.45, 7) is 0.168. The van der Waals surface area contributed by atoms with Gasteiger partial charge in [-0.05, 0) is 41.6 Å². The maximum atomic E-state index is 13.3. The number of hydrogen-bond donors (Lipinski definition) is 1. The van der Waals surface area contributed by atoms with Crippen LogP contribution in [0.15, 0.2) is 70.3 Å². The average molecular weight is 595 g/mol. The van der Waals surface area contributed by atoms with E-state index in [2.05, 4.69) is 0 Å². The zero-order chi connectivity index (χ0) is 28.6. The SMILES string of the molecule is COc1ccccc1CC1CN(S(=O)(=O)c2cccs2)CCN1c1ccc(C(O)(C(F)(F)F)C(F)(F)F)cc1. The molecule has 6 nitrogen and oxygen atoms in total. The number of methoxy groups -OCH3 is 1. The number of hydrogen-bond acceptors (Lipinski definition) is 6. The fourth-order valence-corrected chi connectivity index (χ4v) is 7.22. The Kier molecular flexibility index (Phi) is 7.96. The lowest BCUT2D eigenvalue weighted by atomic mass is 9.92. The number of rotatable bonds is 7. The highest BCUT2D eigenvalue weighted by atomic mass is 32.2. The van der Waals surface area contributed by atoms with Crippen molar-refractivity contribution in [3.63, 3.8) is 0 Å². The van der Waals surface area contributed by atoms with Crippen molar-refractivity contribution < 1.29 is 44.6 Å².